The lowest BCUT2D eigenvalue weighted by molar-refractivity contribution is -0.147. The van der Waals surface area contributed by atoms with Crippen LogP contribution in [-0.4, -0.2) is 49.1 Å². The minimum absolute atomic E-state index is 0.167. The fourth-order valence-corrected chi connectivity index (χ4v) is 2.54. The summed E-state index contributed by atoms with van der Waals surface area (Å²) in [6.07, 6.45) is 3.32. The average molecular weight is 372 g/mol. The molecule has 1 heterocycles. The summed E-state index contributed by atoms with van der Waals surface area (Å²) in [5, 5.41) is 0. The topological polar surface area (TPSA) is 78.0 Å². The molecule has 0 saturated carbocycles. The third kappa shape index (κ3) is 5.99. The van der Waals surface area contributed by atoms with E-state index in [0.717, 1.165) is 5.56 Å². The number of methoxy groups -OCH3 is 2. The molecule has 0 N–H and O–H groups in total. The van der Waals surface area contributed by atoms with Crippen molar-refractivity contribution in [2.24, 2.45) is 5.92 Å². The summed E-state index contributed by atoms with van der Waals surface area (Å²) in [5.74, 6) is -0.0270. The summed E-state index contributed by atoms with van der Waals surface area (Å²) in [7, 11) is 2.87. The van der Waals surface area contributed by atoms with Gasteiger partial charge in [0.1, 0.15) is 0 Å². The molecule has 1 atom stereocenters. The highest BCUT2D eigenvalue weighted by molar-refractivity contribution is 5.79. The van der Waals surface area contributed by atoms with Gasteiger partial charge in [0.05, 0.1) is 20.1 Å². The molecule has 0 bridgehead atoms. The molecule has 0 fully saturated rings. The Morgan fingerprint density at radius 1 is 1.07 bits per heavy atom. The highest BCUT2D eigenvalue weighted by Crippen LogP contribution is 2.25. The number of benzene rings is 1. The minimum atomic E-state index is -0.452. The van der Waals surface area contributed by atoms with Crippen LogP contribution in [-0.2, 0) is 20.9 Å². The van der Waals surface area contributed by atoms with E-state index in [1.165, 1.54) is 14.2 Å². The van der Waals surface area contributed by atoms with E-state index in [2.05, 4.69) is 4.98 Å². The minimum Gasteiger partial charge on any atom is -0.493 e. The third-order valence-electron chi connectivity index (χ3n) is 3.99. The van der Waals surface area contributed by atoms with Crippen molar-refractivity contribution in [2.75, 3.05) is 27.4 Å². The van der Waals surface area contributed by atoms with Crippen molar-refractivity contribution in [3.63, 3.8) is 0 Å². The third-order valence-corrected chi connectivity index (χ3v) is 3.99. The van der Waals surface area contributed by atoms with Gasteiger partial charge in [0.15, 0.2) is 18.1 Å². The number of amides is 1. The number of carbonyl (C=O) groups excluding carboxylic acids is 2. The second-order valence-corrected chi connectivity index (χ2v) is 5.99. The summed E-state index contributed by atoms with van der Waals surface area (Å²) in [5.41, 5.74) is 0.910. The largest absolute Gasteiger partial charge is 0.493 e. The molecule has 1 aromatic carbocycles. The first-order valence-corrected chi connectivity index (χ1v) is 8.55. The van der Waals surface area contributed by atoms with Crippen molar-refractivity contribution in [3.8, 4) is 11.5 Å². The molecule has 1 aromatic heterocycles. The van der Waals surface area contributed by atoms with E-state index in [0.29, 0.717) is 18.0 Å². The Kier molecular flexibility index (Phi) is 7.61. The monoisotopic (exact) mass is 372 g/mol. The summed E-state index contributed by atoms with van der Waals surface area (Å²) in [6.45, 7) is 2.13. The maximum atomic E-state index is 12.8. The first-order valence-electron chi connectivity index (χ1n) is 8.55. The maximum absolute atomic E-state index is 12.8. The number of aromatic nitrogens is 1. The Hall–Kier alpha value is -3.09. The predicted molar refractivity (Wildman–Crippen MR) is 99.3 cm³/mol. The molecule has 2 aromatic rings. The summed E-state index contributed by atoms with van der Waals surface area (Å²) < 4.78 is 15.6. The summed E-state index contributed by atoms with van der Waals surface area (Å²) in [4.78, 5) is 30.1. The highest BCUT2D eigenvalue weighted by atomic mass is 16.5. The molecule has 7 nitrogen and oxygen atoms in total. The van der Waals surface area contributed by atoms with E-state index < -0.39 is 5.92 Å². The van der Waals surface area contributed by atoms with E-state index >= 15 is 0 Å². The van der Waals surface area contributed by atoms with Gasteiger partial charge >= 0.3 is 5.97 Å². The first-order chi connectivity index (χ1) is 13.0. The fraction of sp³-hybridized carbons (Fsp3) is 0.350. The number of pyridine rings is 1. The molecule has 1 amide bonds. The van der Waals surface area contributed by atoms with Gasteiger partial charge in [-0.3, -0.25) is 14.6 Å². The Morgan fingerprint density at radius 2 is 1.74 bits per heavy atom. The number of ether oxygens (including phenoxy) is 3. The molecule has 0 saturated heterocycles. The van der Waals surface area contributed by atoms with Gasteiger partial charge in [-0.2, -0.15) is 0 Å². The summed E-state index contributed by atoms with van der Waals surface area (Å²) in [6, 6.07) is 10.8. The lowest BCUT2D eigenvalue weighted by Gasteiger charge is -2.25. The van der Waals surface area contributed by atoms with E-state index in [4.69, 9.17) is 14.2 Å². The molecule has 1 unspecified atom stereocenters. The van der Waals surface area contributed by atoms with Crippen molar-refractivity contribution < 1.29 is 23.8 Å². The lowest BCUT2D eigenvalue weighted by atomic mass is 10.1. The van der Waals surface area contributed by atoms with Crippen molar-refractivity contribution >= 4 is 11.9 Å². The molecular formula is C20H24N2O5. The van der Waals surface area contributed by atoms with Crippen molar-refractivity contribution in [1.29, 1.82) is 0 Å². The van der Waals surface area contributed by atoms with Gasteiger partial charge in [-0.25, -0.2) is 0 Å². The van der Waals surface area contributed by atoms with Crippen LogP contribution in [0.4, 0.5) is 0 Å². The second-order valence-electron chi connectivity index (χ2n) is 5.99. The van der Waals surface area contributed by atoms with E-state index in [1.807, 2.05) is 18.2 Å². The van der Waals surface area contributed by atoms with Gasteiger partial charge in [-0.05, 0) is 29.8 Å². The Bertz CT molecular complexity index is 751. The zero-order chi connectivity index (χ0) is 19.6. The van der Waals surface area contributed by atoms with Crippen LogP contribution in [0.15, 0.2) is 48.8 Å². The van der Waals surface area contributed by atoms with Gasteiger partial charge in [0.2, 0.25) is 0 Å². The van der Waals surface area contributed by atoms with Gasteiger partial charge < -0.3 is 19.1 Å². The van der Waals surface area contributed by atoms with Crippen molar-refractivity contribution in [3.05, 3.63) is 54.4 Å². The number of para-hydroxylation sites is 2. The fourth-order valence-electron chi connectivity index (χ4n) is 2.54. The molecule has 144 valence electrons. The van der Waals surface area contributed by atoms with Crippen LogP contribution in [0.3, 0.4) is 0 Å². The lowest BCUT2D eigenvalue weighted by Crippen LogP contribution is -2.39. The normalized spacial score (nSPS) is 11.4. The second kappa shape index (κ2) is 10.2. The Morgan fingerprint density at radius 3 is 2.37 bits per heavy atom. The maximum Gasteiger partial charge on any atom is 0.310 e. The van der Waals surface area contributed by atoms with Gasteiger partial charge in [0, 0.05) is 25.5 Å². The van der Waals surface area contributed by atoms with E-state index in [9.17, 15) is 9.59 Å². The van der Waals surface area contributed by atoms with Crippen LogP contribution in [0.5, 0.6) is 11.5 Å². The number of hydrogen-bond acceptors (Lipinski definition) is 6. The number of hydrogen-bond donors (Lipinski definition) is 0. The van der Waals surface area contributed by atoms with Crippen molar-refractivity contribution in [2.45, 2.75) is 13.5 Å². The van der Waals surface area contributed by atoms with Gasteiger partial charge in [-0.15, -0.1) is 0 Å². The van der Waals surface area contributed by atoms with Crippen LogP contribution < -0.4 is 9.47 Å². The molecule has 7 heteroatoms. The Balaban J connectivity index is 2.08. The van der Waals surface area contributed by atoms with Crippen LogP contribution in [0.2, 0.25) is 0 Å². The smallest absolute Gasteiger partial charge is 0.310 e. The quantitative estimate of drug-likeness (QED) is 0.629. The zero-order valence-electron chi connectivity index (χ0n) is 15.8. The number of esters is 1. The molecule has 0 aliphatic rings. The molecular weight excluding hydrogens is 348 g/mol. The van der Waals surface area contributed by atoms with Crippen LogP contribution in [0.1, 0.15) is 12.5 Å². The van der Waals surface area contributed by atoms with Gasteiger partial charge in [0.25, 0.3) is 5.91 Å². The summed E-state index contributed by atoms with van der Waals surface area (Å²) >= 11 is 0. The highest BCUT2D eigenvalue weighted by Gasteiger charge is 2.22. The molecule has 0 radical (unpaired) electrons. The molecule has 0 aliphatic carbocycles. The number of carbonyl (C=O) groups is 2. The van der Waals surface area contributed by atoms with Gasteiger partial charge in [-0.1, -0.05) is 19.1 Å². The molecule has 0 spiro atoms. The zero-order valence-corrected chi connectivity index (χ0v) is 15.8. The number of nitrogens with zero attached hydrogens (tertiary/aromatic N) is 2. The molecule has 27 heavy (non-hydrogen) atoms. The van der Waals surface area contributed by atoms with E-state index in [-0.39, 0.29) is 25.0 Å². The van der Waals surface area contributed by atoms with Crippen LogP contribution in [0, 0.1) is 5.92 Å². The molecule has 0 aliphatic heterocycles. The standard InChI is InChI=1S/C20H24N2O5/c1-15(20(24)26-3)12-22(13-16-8-10-21-11-9-16)19(23)14-27-18-7-5-4-6-17(18)25-2/h4-11,15H,12-14H2,1-3H3. The predicted octanol–water partition coefficient (Wildman–Crippen LogP) is 2.31. The number of rotatable bonds is 9. The van der Waals surface area contributed by atoms with Crippen LogP contribution in [0.25, 0.3) is 0 Å². The Labute approximate surface area is 158 Å². The van der Waals surface area contributed by atoms with Crippen LogP contribution >= 0.6 is 0 Å². The van der Waals surface area contributed by atoms with Crippen molar-refractivity contribution in [1.82, 2.24) is 9.88 Å². The average Bonchev–Trinajstić information content (AvgIpc) is 2.71. The van der Waals surface area contributed by atoms with E-state index in [1.54, 1.807) is 42.4 Å². The SMILES string of the molecule is COC(=O)C(C)CN(Cc1ccncc1)C(=O)COc1ccccc1OC. The molecule has 2 rings (SSSR count). The first kappa shape index (κ1) is 20.2.